The number of hydrogen-bond acceptors (Lipinski definition) is 6. The molecule has 3 heterocycles. The van der Waals surface area contributed by atoms with Gasteiger partial charge in [-0.25, -0.2) is 9.97 Å². The number of fused-ring (bicyclic) bond motifs is 3. The van der Waals surface area contributed by atoms with E-state index in [1.54, 1.807) is 15.9 Å². The zero-order valence-corrected chi connectivity index (χ0v) is 15.8. The summed E-state index contributed by atoms with van der Waals surface area (Å²) in [4.78, 5) is 11.8. The molecule has 0 amide bonds. The molecule has 0 saturated carbocycles. The lowest BCUT2D eigenvalue weighted by molar-refractivity contribution is 0.271. The number of hydrogen-bond donors (Lipinski definition) is 2. The summed E-state index contributed by atoms with van der Waals surface area (Å²) in [6, 6.07) is 9.86. The second kappa shape index (κ2) is 6.66. The molecule has 0 bridgehead atoms. The lowest BCUT2D eigenvalue weighted by Gasteiger charge is -2.15. The number of aromatic nitrogens is 4. The van der Waals surface area contributed by atoms with Crippen LogP contribution in [0.15, 0.2) is 30.3 Å². The topological polar surface area (TPSA) is 75.3 Å². The van der Waals surface area contributed by atoms with Crippen molar-refractivity contribution < 1.29 is 5.11 Å². The molecule has 1 atom stereocenters. The minimum atomic E-state index is -0.0744. The normalized spacial score (nSPS) is 12.8. The van der Waals surface area contributed by atoms with Crippen LogP contribution in [0.25, 0.3) is 27.3 Å². The first kappa shape index (κ1) is 16.9. The minimum Gasteiger partial charge on any atom is -0.394 e. The summed E-state index contributed by atoms with van der Waals surface area (Å²) in [5.41, 5.74) is 2.95. The van der Waals surface area contributed by atoms with Crippen molar-refractivity contribution in [3.8, 4) is 11.4 Å². The molecule has 0 aliphatic heterocycles. The molecule has 3 aromatic heterocycles. The number of anilines is 1. The van der Waals surface area contributed by atoms with Gasteiger partial charge in [-0.2, -0.15) is 4.52 Å². The van der Waals surface area contributed by atoms with Crippen LogP contribution in [-0.2, 0) is 0 Å². The van der Waals surface area contributed by atoms with Crippen LogP contribution in [0, 0.1) is 13.8 Å². The minimum absolute atomic E-state index is 0.0421. The molecule has 0 aliphatic rings. The van der Waals surface area contributed by atoms with Crippen LogP contribution < -0.4 is 5.32 Å². The molecule has 0 fully saturated rings. The molecule has 134 valence electrons. The Morgan fingerprint density at radius 3 is 2.65 bits per heavy atom. The van der Waals surface area contributed by atoms with Gasteiger partial charge in [0.1, 0.15) is 4.83 Å². The van der Waals surface area contributed by atoms with E-state index in [4.69, 9.17) is 15.1 Å². The average Bonchev–Trinajstić information content (AvgIpc) is 3.22. The third-order valence-corrected chi connectivity index (χ3v) is 5.79. The maximum atomic E-state index is 9.57. The molecule has 26 heavy (non-hydrogen) atoms. The van der Waals surface area contributed by atoms with Gasteiger partial charge in [-0.05, 0) is 25.8 Å². The van der Waals surface area contributed by atoms with Crippen LogP contribution in [0.5, 0.6) is 0 Å². The first-order valence-corrected chi connectivity index (χ1v) is 9.53. The molecular formula is C19H21N5OS. The Kier molecular flexibility index (Phi) is 4.34. The van der Waals surface area contributed by atoms with Gasteiger partial charge in [-0.15, -0.1) is 16.4 Å². The molecule has 7 heteroatoms. The van der Waals surface area contributed by atoms with Crippen LogP contribution >= 0.6 is 11.3 Å². The van der Waals surface area contributed by atoms with Crippen LogP contribution in [-0.4, -0.2) is 37.3 Å². The highest BCUT2D eigenvalue weighted by Gasteiger charge is 2.19. The standard InChI is InChI=1S/C19H21N5OS/c1-4-14(10-25)20-19-22-18-15(11(2)12(3)26-18)17-21-16(23-24(17)19)13-8-6-5-7-9-13/h5-9,14,25H,4,10H2,1-3H3,(H,20,22)/t14-/m1/s1. The van der Waals surface area contributed by atoms with Gasteiger partial charge in [-0.3, -0.25) is 0 Å². The third kappa shape index (κ3) is 2.73. The molecule has 4 aromatic rings. The summed E-state index contributed by atoms with van der Waals surface area (Å²) < 4.78 is 1.77. The SMILES string of the molecule is CC[C@H](CO)Nc1nc2sc(C)c(C)c2c2nc(-c3ccccc3)nn12. The smallest absolute Gasteiger partial charge is 0.227 e. The van der Waals surface area contributed by atoms with Crippen LogP contribution in [0.2, 0.25) is 0 Å². The molecule has 0 unspecified atom stereocenters. The Labute approximate surface area is 155 Å². The summed E-state index contributed by atoms with van der Waals surface area (Å²) in [6.07, 6.45) is 0.792. The van der Waals surface area contributed by atoms with Crippen molar-refractivity contribution in [1.82, 2.24) is 19.6 Å². The van der Waals surface area contributed by atoms with Crippen molar-refractivity contribution in [1.29, 1.82) is 0 Å². The van der Waals surface area contributed by atoms with E-state index in [1.807, 2.05) is 37.3 Å². The van der Waals surface area contributed by atoms with E-state index in [2.05, 4.69) is 19.2 Å². The van der Waals surface area contributed by atoms with Crippen molar-refractivity contribution >= 4 is 33.1 Å². The highest BCUT2D eigenvalue weighted by Crippen LogP contribution is 2.33. The monoisotopic (exact) mass is 367 g/mol. The van der Waals surface area contributed by atoms with E-state index in [0.29, 0.717) is 11.8 Å². The van der Waals surface area contributed by atoms with Crippen molar-refractivity contribution in [3.05, 3.63) is 40.8 Å². The average molecular weight is 367 g/mol. The largest absolute Gasteiger partial charge is 0.394 e. The lowest BCUT2D eigenvalue weighted by atomic mass is 10.2. The van der Waals surface area contributed by atoms with E-state index in [1.165, 1.54) is 10.4 Å². The number of benzene rings is 1. The molecule has 0 radical (unpaired) electrons. The molecule has 0 saturated heterocycles. The fraction of sp³-hybridized carbons (Fsp3) is 0.316. The van der Waals surface area contributed by atoms with Gasteiger partial charge in [0.05, 0.1) is 18.0 Å². The Balaban J connectivity index is 1.99. The number of aryl methyl sites for hydroxylation is 2. The maximum Gasteiger partial charge on any atom is 0.227 e. The first-order chi connectivity index (χ1) is 12.6. The predicted octanol–water partition coefficient (Wildman–Crippen LogP) is 3.81. The number of thiophene rings is 1. The first-order valence-electron chi connectivity index (χ1n) is 8.71. The summed E-state index contributed by atoms with van der Waals surface area (Å²) in [7, 11) is 0. The van der Waals surface area contributed by atoms with Crippen LogP contribution in [0.1, 0.15) is 23.8 Å². The number of aliphatic hydroxyl groups excluding tert-OH is 1. The van der Waals surface area contributed by atoms with Crippen molar-refractivity contribution in [3.63, 3.8) is 0 Å². The quantitative estimate of drug-likeness (QED) is 0.561. The predicted molar refractivity (Wildman–Crippen MR) is 106 cm³/mol. The number of nitrogens with zero attached hydrogens (tertiary/aromatic N) is 4. The molecule has 4 rings (SSSR count). The fourth-order valence-corrected chi connectivity index (χ4v) is 4.00. The second-order valence-corrected chi connectivity index (χ2v) is 7.57. The zero-order chi connectivity index (χ0) is 18.3. The van der Waals surface area contributed by atoms with Gasteiger partial charge in [0.15, 0.2) is 11.5 Å². The summed E-state index contributed by atoms with van der Waals surface area (Å²) in [5.74, 6) is 1.28. The van der Waals surface area contributed by atoms with Gasteiger partial charge >= 0.3 is 0 Å². The van der Waals surface area contributed by atoms with Crippen molar-refractivity contribution in [2.45, 2.75) is 33.2 Å². The molecule has 2 N–H and O–H groups in total. The Bertz CT molecular complexity index is 1070. The third-order valence-electron chi connectivity index (χ3n) is 4.68. The van der Waals surface area contributed by atoms with Gasteiger partial charge in [0.2, 0.25) is 5.95 Å². The van der Waals surface area contributed by atoms with E-state index in [0.717, 1.165) is 27.8 Å². The molecular weight excluding hydrogens is 346 g/mol. The molecule has 0 aliphatic carbocycles. The summed E-state index contributed by atoms with van der Waals surface area (Å²) in [6.45, 7) is 6.27. The van der Waals surface area contributed by atoms with Gasteiger partial charge < -0.3 is 10.4 Å². The van der Waals surface area contributed by atoms with E-state index in [-0.39, 0.29) is 12.6 Å². The van der Waals surface area contributed by atoms with Crippen molar-refractivity contribution in [2.75, 3.05) is 11.9 Å². The van der Waals surface area contributed by atoms with Gasteiger partial charge in [0.25, 0.3) is 0 Å². The zero-order valence-electron chi connectivity index (χ0n) is 15.0. The summed E-state index contributed by atoms with van der Waals surface area (Å²) in [5, 5.41) is 18.6. The fourth-order valence-electron chi connectivity index (χ4n) is 2.98. The van der Waals surface area contributed by atoms with Gasteiger partial charge in [0, 0.05) is 10.4 Å². The Morgan fingerprint density at radius 1 is 1.19 bits per heavy atom. The number of aliphatic hydroxyl groups is 1. The lowest BCUT2D eigenvalue weighted by Crippen LogP contribution is -2.25. The number of rotatable bonds is 5. The highest BCUT2D eigenvalue weighted by molar-refractivity contribution is 7.18. The van der Waals surface area contributed by atoms with E-state index in [9.17, 15) is 5.11 Å². The second-order valence-electron chi connectivity index (χ2n) is 6.37. The Morgan fingerprint density at radius 2 is 1.96 bits per heavy atom. The van der Waals surface area contributed by atoms with Crippen molar-refractivity contribution in [2.24, 2.45) is 0 Å². The Hall–Kier alpha value is -2.51. The molecule has 6 nitrogen and oxygen atoms in total. The maximum absolute atomic E-state index is 9.57. The molecule has 1 aromatic carbocycles. The van der Waals surface area contributed by atoms with E-state index < -0.39 is 0 Å². The van der Waals surface area contributed by atoms with E-state index >= 15 is 0 Å². The van der Waals surface area contributed by atoms with Crippen LogP contribution in [0.3, 0.4) is 0 Å². The number of nitrogens with one attached hydrogen (secondary N) is 1. The molecule has 0 spiro atoms. The van der Waals surface area contributed by atoms with Crippen LogP contribution in [0.4, 0.5) is 5.95 Å². The van der Waals surface area contributed by atoms with Gasteiger partial charge in [-0.1, -0.05) is 37.3 Å². The highest BCUT2D eigenvalue weighted by atomic mass is 32.1. The summed E-state index contributed by atoms with van der Waals surface area (Å²) >= 11 is 1.66.